The Bertz CT molecular complexity index is 1010. The molecule has 1 amide bonds. The molecule has 1 fully saturated rings. The zero-order valence-corrected chi connectivity index (χ0v) is 19.4. The molecule has 0 aromatic carbocycles. The first-order valence-electron chi connectivity index (χ1n) is 10.4. The molecule has 0 radical (unpaired) electrons. The van der Waals surface area contributed by atoms with E-state index in [0.717, 1.165) is 30.0 Å². The predicted octanol–water partition coefficient (Wildman–Crippen LogP) is 3.41. The van der Waals surface area contributed by atoms with Crippen LogP contribution in [0.5, 0.6) is 0 Å². The van der Waals surface area contributed by atoms with Crippen LogP contribution >= 0.6 is 23.1 Å². The molecule has 160 valence electrons. The zero-order chi connectivity index (χ0) is 21.1. The Morgan fingerprint density at radius 3 is 2.80 bits per heavy atom. The summed E-state index contributed by atoms with van der Waals surface area (Å²) in [5.41, 5.74) is 3.00. The average Bonchev–Trinajstić information content (AvgIpc) is 3.50. The van der Waals surface area contributed by atoms with Crippen molar-refractivity contribution in [1.82, 2.24) is 29.8 Å². The van der Waals surface area contributed by atoms with E-state index in [0.29, 0.717) is 30.3 Å². The SMILES string of the molecule is CSc1nc2nc(C)c(CCC(=O)NCC(c3cccs3)N3CCCC3)c(C)n2n1. The van der Waals surface area contributed by atoms with Gasteiger partial charge in [-0.2, -0.15) is 4.98 Å². The van der Waals surface area contributed by atoms with Gasteiger partial charge in [0.15, 0.2) is 0 Å². The van der Waals surface area contributed by atoms with Crippen LogP contribution in [0.3, 0.4) is 0 Å². The van der Waals surface area contributed by atoms with E-state index in [2.05, 4.69) is 42.8 Å². The van der Waals surface area contributed by atoms with Crippen LogP contribution in [-0.2, 0) is 11.2 Å². The van der Waals surface area contributed by atoms with E-state index in [-0.39, 0.29) is 11.9 Å². The number of likely N-dealkylation sites (tertiary alicyclic amines) is 1. The standard InChI is InChI=1S/C21H28N6OS2/c1-14-16(15(2)27-20(23-14)24-21(25-27)29-3)8-9-19(28)22-13-17(18-7-6-12-30-18)26-10-4-5-11-26/h6-7,12,17H,4-5,8-11,13H2,1-3H3,(H,22,28). The quantitative estimate of drug-likeness (QED) is 0.537. The Labute approximate surface area is 185 Å². The van der Waals surface area contributed by atoms with Crippen LogP contribution < -0.4 is 5.32 Å². The molecule has 3 aromatic heterocycles. The number of rotatable bonds is 8. The highest BCUT2D eigenvalue weighted by atomic mass is 32.2. The molecule has 0 saturated carbocycles. The number of thiophene rings is 1. The predicted molar refractivity (Wildman–Crippen MR) is 121 cm³/mol. The first-order chi connectivity index (χ1) is 14.6. The van der Waals surface area contributed by atoms with E-state index in [1.54, 1.807) is 15.9 Å². The smallest absolute Gasteiger partial charge is 0.253 e. The number of aryl methyl sites for hydroxylation is 2. The molecule has 1 aliphatic rings. The van der Waals surface area contributed by atoms with Crippen molar-refractivity contribution in [3.8, 4) is 0 Å². The highest BCUT2D eigenvalue weighted by Gasteiger charge is 2.24. The minimum Gasteiger partial charge on any atom is -0.354 e. The van der Waals surface area contributed by atoms with Crippen LogP contribution in [-0.4, -0.2) is 56.3 Å². The normalized spacial score (nSPS) is 15.7. The van der Waals surface area contributed by atoms with Crippen molar-refractivity contribution in [3.63, 3.8) is 0 Å². The molecular formula is C21H28N6OS2. The first-order valence-corrected chi connectivity index (χ1v) is 12.5. The monoisotopic (exact) mass is 444 g/mol. The maximum Gasteiger partial charge on any atom is 0.253 e. The summed E-state index contributed by atoms with van der Waals surface area (Å²) < 4.78 is 1.78. The van der Waals surface area contributed by atoms with Gasteiger partial charge in [0.2, 0.25) is 11.1 Å². The molecule has 4 heterocycles. The van der Waals surface area contributed by atoms with Crippen LogP contribution in [0, 0.1) is 13.8 Å². The van der Waals surface area contributed by atoms with Crippen molar-refractivity contribution in [2.75, 3.05) is 25.9 Å². The van der Waals surface area contributed by atoms with Gasteiger partial charge in [-0.25, -0.2) is 9.50 Å². The largest absolute Gasteiger partial charge is 0.354 e. The summed E-state index contributed by atoms with van der Waals surface area (Å²) in [5, 5.41) is 10.5. The molecule has 0 spiro atoms. The number of amides is 1. The van der Waals surface area contributed by atoms with Crippen molar-refractivity contribution in [2.24, 2.45) is 0 Å². The second kappa shape index (κ2) is 9.45. The molecule has 1 aliphatic heterocycles. The third-order valence-electron chi connectivity index (χ3n) is 5.76. The van der Waals surface area contributed by atoms with E-state index in [1.165, 1.54) is 29.5 Å². The maximum absolute atomic E-state index is 12.7. The molecule has 9 heteroatoms. The van der Waals surface area contributed by atoms with Gasteiger partial charge in [0.05, 0.1) is 6.04 Å². The van der Waals surface area contributed by atoms with Gasteiger partial charge >= 0.3 is 0 Å². The van der Waals surface area contributed by atoms with Gasteiger partial charge in [-0.3, -0.25) is 9.69 Å². The lowest BCUT2D eigenvalue weighted by Gasteiger charge is -2.27. The van der Waals surface area contributed by atoms with Crippen LogP contribution in [0.1, 0.15) is 47.1 Å². The molecule has 30 heavy (non-hydrogen) atoms. The molecule has 3 aromatic rings. The summed E-state index contributed by atoms with van der Waals surface area (Å²) in [6, 6.07) is 4.54. The molecule has 1 saturated heterocycles. The number of carbonyl (C=O) groups excluding carboxylic acids is 1. The highest BCUT2D eigenvalue weighted by Crippen LogP contribution is 2.28. The van der Waals surface area contributed by atoms with Crippen molar-refractivity contribution >= 4 is 34.8 Å². The average molecular weight is 445 g/mol. The van der Waals surface area contributed by atoms with Gasteiger partial charge < -0.3 is 5.32 Å². The first kappa shape index (κ1) is 21.3. The summed E-state index contributed by atoms with van der Waals surface area (Å²) in [6.45, 7) is 6.88. The van der Waals surface area contributed by atoms with E-state index in [4.69, 9.17) is 0 Å². The Hall–Kier alpha value is -1.97. The molecule has 1 N–H and O–H groups in total. The summed E-state index contributed by atoms with van der Waals surface area (Å²) in [6.07, 6.45) is 5.52. The number of hydrogen-bond acceptors (Lipinski definition) is 7. The molecule has 7 nitrogen and oxygen atoms in total. The highest BCUT2D eigenvalue weighted by molar-refractivity contribution is 7.98. The minimum atomic E-state index is 0.0815. The molecule has 4 rings (SSSR count). The zero-order valence-electron chi connectivity index (χ0n) is 17.7. The minimum absolute atomic E-state index is 0.0815. The van der Waals surface area contributed by atoms with Gasteiger partial charge in [0.1, 0.15) is 0 Å². The van der Waals surface area contributed by atoms with Crippen LogP contribution in [0.2, 0.25) is 0 Å². The maximum atomic E-state index is 12.7. The number of carbonyl (C=O) groups is 1. The van der Waals surface area contributed by atoms with Crippen molar-refractivity contribution in [1.29, 1.82) is 0 Å². The Morgan fingerprint density at radius 2 is 2.10 bits per heavy atom. The molecule has 1 unspecified atom stereocenters. The van der Waals surface area contributed by atoms with Crippen LogP contribution in [0.25, 0.3) is 5.78 Å². The summed E-state index contributed by atoms with van der Waals surface area (Å²) in [7, 11) is 0. The van der Waals surface area contributed by atoms with Crippen LogP contribution in [0.15, 0.2) is 22.7 Å². The van der Waals surface area contributed by atoms with Gasteiger partial charge in [0, 0.05) is 29.2 Å². The van der Waals surface area contributed by atoms with Gasteiger partial charge in [-0.15, -0.1) is 16.4 Å². The van der Waals surface area contributed by atoms with Crippen molar-refractivity contribution in [2.45, 2.75) is 50.7 Å². The third-order valence-corrected chi connectivity index (χ3v) is 7.27. The Kier molecular flexibility index (Phi) is 6.70. The lowest BCUT2D eigenvalue weighted by atomic mass is 10.1. The number of aromatic nitrogens is 4. The number of nitrogens with zero attached hydrogens (tertiary/aromatic N) is 5. The second-order valence-electron chi connectivity index (χ2n) is 7.65. The fraction of sp³-hybridized carbons (Fsp3) is 0.524. The number of hydrogen-bond donors (Lipinski definition) is 1. The fourth-order valence-electron chi connectivity index (χ4n) is 4.12. The Morgan fingerprint density at radius 1 is 1.30 bits per heavy atom. The van der Waals surface area contributed by atoms with Crippen LogP contribution in [0.4, 0.5) is 0 Å². The number of fused-ring (bicyclic) bond motifs is 1. The Balaban J connectivity index is 1.39. The van der Waals surface area contributed by atoms with Crippen molar-refractivity contribution in [3.05, 3.63) is 39.3 Å². The molecule has 0 bridgehead atoms. The third kappa shape index (κ3) is 4.53. The second-order valence-corrected chi connectivity index (χ2v) is 9.40. The summed E-state index contributed by atoms with van der Waals surface area (Å²) in [5.74, 6) is 0.699. The molecular weight excluding hydrogens is 416 g/mol. The van der Waals surface area contributed by atoms with Gasteiger partial charge in [-0.1, -0.05) is 17.8 Å². The van der Waals surface area contributed by atoms with E-state index < -0.39 is 0 Å². The van der Waals surface area contributed by atoms with E-state index in [1.807, 2.05) is 20.1 Å². The number of nitrogens with one attached hydrogen (secondary N) is 1. The lowest BCUT2D eigenvalue weighted by molar-refractivity contribution is -0.121. The van der Waals surface area contributed by atoms with E-state index in [9.17, 15) is 4.79 Å². The van der Waals surface area contributed by atoms with E-state index >= 15 is 0 Å². The number of thioether (sulfide) groups is 1. The van der Waals surface area contributed by atoms with Gasteiger partial charge in [0.25, 0.3) is 5.78 Å². The topological polar surface area (TPSA) is 75.4 Å². The van der Waals surface area contributed by atoms with Crippen molar-refractivity contribution < 1.29 is 4.79 Å². The van der Waals surface area contributed by atoms with Gasteiger partial charge in [-0.05, 0) is 69.5 Å². The molecule has 0 aliphatic carbocycles. The molecule has 1 atom stereocenters. The lowest BCUT2D eigenvalue weighted by Crippen LogP contribution is -2.36. The summed E-state index contributed by atoms with van der Waals surface area (Å²) in [4.78, 5) is 25.5. The fourth-order valence-corrected chi connectivity index (χ4v) is 5.32. The summed E-state index contributed by atoms with van der Waals surface area (Å²) >= 11 is 3.27.